The monoisotopic (exact) mass is 226 g/mol. The number of aryl methyl sites for hydroxylation is 1. The van der Waals surface area contributed by atoms with Crippen LogP contribution in [0.1, 0.15) is 38.1 Å². The molecule has 1 heterocycles. The van der Waals surface area contributed by atoms with E-state index < -0.39 is 0 Å². The summed E-state index contributed by atoms with van der Waals surface area (Å²) < 4.78 is 10.7. The summed E-state index contributed by atoms with van der Waals surface area (Å²) in [5.41, 5.74) is 1.03. The predicted molar refractivity (Wildman–Crippen MR) is 63.3 cm³/mol. The molecule has 0 aliphatic heterocycles. The minimum atomic E-state index is 0.779. The van der Waals surface area contributed by atoms with E-state index in [0.29, 0.717) is 0 Å². The molecule has 1 rings (SSSR count). The van der Waals surface area contributed by atoms with Gasteiger partial charge in [-0.05, 0) is 26.3 Å². The van der Waals surface area contributed by atoms with Crippen LogP contribution in [0, 0.1) is 0 Å². The van der Waals surface area contributed by atoms with Crippen molar-refractivity contribution in [3.8, 4) is 0 Å². The highest BCUT2D eigenvalue weighted by molar-refractivity contribution is 5.06. The van der Waals surface area contributed by atoms with E-state index in [1.807, 2.05) is 6.92 Å². The summed E-state index contributed by atoms with van der Waals surface area (Å²) in [5.74, 6) is 0.989. The molecule has 0 radical (unpaired) electrons. The average molecular weight is 226 g/mol. The Morgan fingerprint density at radius 3 is 3.06 bits per heavy atom. The first-order chi connectivity index (χ1) is 7.88. The fourth-order valence-electron chi connectivity index (χ4n) is 1.50. The van der Waals surface area contributed by atoms with Crippen molar-refractivity contribution in [1.29, 1.82) is 0 Å². The van der Waals surface area contributed by atoms with Crippen molar-refractivity contribution in [3.63, 3.8) is 0 Å². The molecule has 0 aliphatic carbocycles. The number of nitrogens with zero attached hydrogens (tertiary/aromatic N) is 1. The number of oxazole rings is 1. The van der Waals surface area contributed by atoms with Gasteiger partial charge in [0, 0.05) is 26.2 Å². The molecule has 0 amide bonds. The van der Waals surface area contributed by atoms with Gasteiger partial charge in [0.05, 0.1) is 5.69 Å². The quantitative estimate of drug-likeness (QED) is 0.655. The van der Waals surface area contributed by atoms with Crippen molar-refractivity contribution >= 4 is 0 Å². The maximum Gasteiger partial charge on any atom is 0.181 e. The Morgan fingerprint density at radius 1 is 1.44 bits per heavy atom. The van der Waals surface area contributed by atoms with Crippen molar-refractivity contribution in [2.75, 3.05) is 19.8 Å². The lowest BCUT2D eigenvalue weighted by molar-refractivity contribution is 0.144. The molecule has 0 unspecified atom stereocenters. The van der Waals surface area contributed by atoms with Crippen LogP contribution in [0.25, 0.3) is 0 Å². The SMILES string of the molecule is CCCNCc1ncoc1CCCOCC. The van der Waals surface area contributed by atoms with Gasteiger partial charge in [-0.15, -0.1) is 0 Å². The van der Waals surface area contributed by atoms with Crippen LogP contribution in [0.3, 0.4) is 0 Å². The zero-order valence-electron chi connectivity index (χ0n) is 10.3. The third-order valence-electron chi connectivity index (χ3n) is 2.34. The summed E-state index contributed by atoms with van der Waals surface area (Å²) in [6.45, 7) is 7.55. The fraction of sp³-hybridized carbons (Fsp3) is 0.750. The molecule has 0 saturated heterocycles. The molecule has 1 aromatic heterocycles. The third kappa shape index (κ3) is 4.77. The summed E-state index contributed by atoms with van der Waals surface area (Å²) in [4.78, 5) is 4.22. The minimum Gasteiger partial charge on any atom is -0.448 e. The molecule has 16 heavy (non-hydrogen) atoms. The molecular formula is C12H22N2O2. The normalized spacial score (nSPS) is 10.9. The first-order valence-electron chi connectivity index (χ1n) is 6.08. The molecule has 0 spiro atoms. The lowest BCUT2D eigenvalue weighted by atomic mass is 10.2. The topological polar surface area (TPSA) is 47.3 Å². The van der Waals surface area contributed by atoms with Gasteiger partial charge in [-0.2, -0.15) is 0 Å². The summed E-state index contributed by atoms with van der Waals surface area (Å²) in [5, 5.41) is 3.33. The number of nitrogens with one attached hydrogen (secondary N) is 1. The molecule has 0 atom stereocenters. The maximum atomic E-state index is 5.37. The number of rotatable bonds is 9. The highest BCUT2D eigenvalue weighted by Crippen LogP contribution is 2.09. The van der Waals surface area contributed by atoms with Crippen molar-refractivity contribution in [2.24, 2.45) is 0 Å². The molecule has 4 nitrogen and oxygen atoms in total. The standard InChI is InChI=1S/C12H22N2O2/c1-3-7-13-9-11-12(16-10-14-11)6-5-8-15-4-2/h10,13H,3-9H2,1-2H3. The Labute approximate surface area is 97.4 Å². The predicted octanol–water partition coefficient (Wildman–Crippen LogP) is 2.14. The minimum absolute atomic E-state index is 0.779. The van der Waals surface area contributed by atoms with Crippen molar-refractivity contribution < 1.29 is 9.15 Å². The Balaban J connectivity index is 2.26. The smallest absolute Gasteiger partial charge is 0.181 e. The van der Waals surface area contributed by atoms with Gasteiger partial charge >= 0.3 is 0 Å². The van der Waals surface area contributed by atoms with E-state index in [9.17, 15) is 0 Å². The Bertz CT molecular complexity index is 274. The summed E-state index contributed by atoms with van der Waals surface area (Å²) in [6, 6.07) is 0. The summed E-state index contributed by atoms with van der Waals surface area (Å²) >= 11 is 0. The second kappa shape index (κ2) is 8.30. The van der Waals surface area contributed by atoms with E-state index in [1.54, 1.807) is 0 Å². The van der Waals surface area contributed by atoms with Crippen LogP contribution < -0.4 is 5.32 Å². The molecule has 0 aliphatic rings. The van der Waals surface area contributed by atoms with Crippen LogP contribution >= 0.6 is 0 Å². The number of aromatic nitrogens is 1. The maximum absolute atomic E-state index is 5.37. The van der Waals surface area contributed by atoms with Crippen LogP contribution in [0.4, 0.5) is 0 Å². The molecule has 0 aromatic carbocycles. The molecule has 92 valence electrons. The van der Waals surface area contributed by atoms with Gasteiger partial charge in [0.15, 0.2) is 6.39 Å². The molecule has 0 saturated carbocycles. The molecule has 1 aromatic rings. The fourth-order valence-corrected chi connectivity index (χ4v) is 1.50. The highest BCUT2D eigenvalue weighted by atomic mass is 16.5. The molecule has 4 heteroatoms. The zero-order chi connectivity index (χ0) is 11.6. The van der Waals surface area contributed by atoms with Crippen LogP contribution in [0.15, 0.2) is 10.8 Å². The van der Waals surface area contributed by atoms with Gasteiger partial charge in [-0.3, -0.25) is 0 Å². The van der Waals surface area contributed by atoms with E-state index in [4.69, 9.17) is 9.15 Å². The van der Waals surface area contributed by atoms with E-state index >= 15 is 0 Å². The molecular weight excluding hydrogens is 204 g/mol. The van der Waals surface area contributed by atoms with Crippen LogP contribution in [0.2, 0.25) is 0 Å². The highest BCUT2D eigenvalue weighted by Gasteiger charge is 2.06. The second-order valence-electron chi connectivity index (χ2n) is 3.70. The second-order valence-corrected chi connectivity index (χ2v) is 3.70. The van der Waals surface area contributed by atoms with Gasteiger partial charge in [-0.25, -0.2) is 4.98 Å². The van der Waals surface area contributed by atoms with Gasteiger partial charge in [0.25, 0.3) is 0 Å². The van der Waals surface area contributed by atoms with Crippen LogP contribution in [-0.2, 0) is 17.7 Å². The van der Waals surface area contributed by atoms with Crippen molar-refractivity contribution in [3.05, 3.63) is 17.8 Å². The third-order valence-corrected chi connectivity index (χ3v) is 2.34. The van der Waals surface area contributed by atoms with Crippen molar-refractivity contribution in [1.82, 2.24) is 10.3 Å². The van der Waals surface area contributed by atoms with Crippen LogP contribution in [0.5, 0.6) is 0 Å². The Hall–Kier alpha value is -0.870. The van der Waals surface area contributed by atoms with E-state index in [0.717, 1.165) is 57.0 Å². The molecule has 0 bridgehead atoms. The van der Waals surface area contributed by atoms with E-state index in [-0.39, 0.29) is 0 Å². The van der Waals surface area contributed by atoms with E-state index in [2.05, 4.69) is 17.2 Å². The zero-order valence-corrected chi connectivity index (χ0v) is 10.3. The summed E-state index contributed by atoms with van der Waals surface area (Å²) in [6.07, 6.45) is 4.56. The van der Waals surface area contributed by atoms with Gasteiger partial charge in [0.1, 0.15) is 5.76 Å². The van der Waals surface area contributed by atoms with Crippen LogP contribution in [-0.4, -0.2) is 24.7 Å². The molecule has 1 N–H and O–H groups in total. The number of hydrogen-bond acceptors (Lipinski definition) is 4. The average Bonchev–Trinajstić information content (AvgIpc) is 2.73. The van der Waals surface area contributed by atoms with Gasteiger partial charge in [-0.1, -0.05) is 6.92 Å². The number of hydrogen-bond donors (Lipinski definition) is 1. The first-order valence-corrected chi connectivity index (χ1v) is 6.08. The lowest BCUT2D eigenvalue weighted by Crippen LogP contribution is -2.15. The molecule has 0 fully saturated rings. The number of ether oxygens (including phenoxy) is 1. The Kier molecular flexibility index (Phi) is 6.85. The Morgan fingerprint density at radius 2 is 2.31 bits per heavy atom. The first kappa shape index (κ1) is 13.2. The van der Waals surface area contributed by atoms with E-state index in [1.165, 1.54) is 6.39 Å². The largest absolute Gasteiger partial charge is 0.448 e. The lowest BCUT2D eigenvalue weighted by Gasteiger charge is -2.03. The summed E-state index contributed by atoms with van der Waals surface area (Å²) in [7, 11) is 0. The van der Waals surface area contributed by atoms with Crippen molar-refractivity contribution in [2.45, 2.75) is 39.7 Å². The van der Waals surface area contributed by atoms with Gasteiger partial charge < -0.3 is 14.5 Å². The van der Waals surface area contributed by atoms with Gasteiger partial charge in [0.2, 0.25) is 0 Å².